The van der Waals surface area contributed by atoms with Crippen molar-refractivity contribution in [2.45, 2.75) is 33.7 Å². The van der Waals surface area contributed by atoms with Crippen molar-refractivity contribution in [3.8, 4) is 0 Å². The van der Waals surface area contributed by atoms with E-state index >= 15 is 0 Å². The van der Waals surface area contributed by atoms with Gasteiger partial charge < -0.3 is 9.30 Å². The molecule has 0 aliphatic rings. The van der Waals surface area contributed by atoms with Crippen LogP contribution in [0.3, 0.4) is 0 Å². The molecule has 0 N–H and O–H groups in total. The molecule has 3 aromatic heterocycles. The molecule has 0 fully saturated rings. The van der Waals surface area contributed by atoms with Crippen LogP contribution in [-0.2, 0) is 4.74 Å². The van der Waals surface area contributed by atoms with Crippen LogP contribution < -0.4 is 11.0 Å². The molecule has 4 aromatic rings. The highest BCUT2D eigenvalue weighted by Gasteiger charge is 2.22. The van der Waals surface area contributed by atoms with Gasteiger partial charge in [-0.2, -0.15) is 4.99 Å². The first-order chi connectivity index (χ1) is 17.1. The van der Waals surface area contributed by atoms with Crippen LogP contribution in [0.15, 0.2) is 58.4 Å². The van der Waals surface area contributed by atoms with Gasteiger partial charge in [0.25, 0.3) is 17.2 Å². The molecular weight excluding hydrogens is 466 g/mol. The number of aromatic nitrogens is 3. The lowest BCUT2D eigenvalue weighted by molar-refractivity contribution is -0.384. The average molecular weight is 489 g/mol. The minimum absolute atomic E-state index is 0.0307. The first kappa shape index (κ1) is 24.5. The maximum atomic E-state index is 13.4. The number of ether oxygens (including phenoxy) is 1. The Morgan fingerprint density at radius 3 is 2.58 bits per heavy atom. The Labute approximate surface area is 204 Å². The molecule has 184 valence electrons. The molecule has 0 atom stereocenters. The Kier molecular flexibility index (Phi) is 6.47. The normalized spacial score (nSPS) is 11.9. The maximum Gasteiger partial charge on any atom is 0.341 e. The number of carbonyl (C=O) groups excluding carboxylic acids is 2. The number of nitro benzene ring substituents is 1. The van der Waals surface area contributed by atoms with E-state index in [4.69, 9.17) is 9.72 Å². The van der Waals surface area contributed by atoms with Crippen molar-refractivity contribution in [2.75, 3.05) is 6.61 Å². The third-order valence-corrected chi connectivity index (χ3v) is 5.57. The van der Waals surface area contributed by atoms with E-state index in [1.54, 1.807) is 33.0 Å². The van der Waals surface area contributed by atoms with Crippen LogP contribution in [-0.4, -0.2) is 37.4 Å². The van der Waals surface area contributed by atoms with Gasteiger partial charge in [0, 0.05) is 29.9 Å². The number of nitrogens with zero attached hydrogens (tertiary/aromatic N) is 5. The van der Waals surface area contributed by atoms with E-state index in [-0.39, 0.29) is 46.0 Å². The number of hydrogen-bond acceptors (Lipinski definition) is 7. The number of rotatable bonds is 5. The Morgan fingerprint density at radius 2 is 1.92 bits per heavy atom. The average Bonchev–Trinajstić information content (AvgIpc) is 2.84. The molecule has 1 aromatic carbocycles. The fraction of sp³-hybridized carbons (Fsp3) is 0.240. The molecule has 1 amide bonds. The van der Waals surface area contributed by atoms with Gasteiger partial charge in [-0.3, -0.25) is 24.1 Å². The zero-order chi connectivity index (χ0) is 26.1. The van der Waals surface area contributed by atoms with Crippen molar-refractivity contribution in [3.05, 3.63) is 91.3 Å². The van der Waals surface area contributed by atoms with Gasteiger partial charge in [0.15, 0.2) is 5.49 Å². The fourth-order valence-corrected chi connectivity index (χ4v) is 3.92. The summed E-state index contributed by atoms with van der Waals surface area (Å²) in [5, 5.41) is 11.3. The van der Waals surface area contributed by atoms with Gasteiger partial charge in [-0.05, 0) is 51.5 Å². The summed E-state index contributed by atoms with van der Waals surface area (Å²) in [7, 11) is 0. The zero-order valence-electron chi connectivity index (χ0n) is 20.1. The number of benzene rings is 1. The molecule has 0 aliphatic heterocycles. The lowest BCUT2D eigenvalue weighted by Crippen LogP contribution is -2.33. The molecule has 0 aliphatic carbocycles. The van der Waals surface area contributed by atoms with Gasteiger partial charge in [-0.1, -0.05) is 12.1 Å². The summed E-state index contributed by atoms with van der Waals surface area (Å²) < 4.78 is 8.12. The molecule has 0 unspecified atom stereocenters. The lowest BCUT2D eigenvalue weighted by Gasteiger charge is -2.18. The van der Waals surface area contributed by atoms with E-state index in [0.29, 0.717) is 5.65 Å². The monoisotopic (exact) mass is 489 g/mol. The predicted molar refractivity (Wildman–Crippen MR) is 131 cm³/mol. The van der Waals surface area contributed by atoms with E-state index in [9.17, 15) is 24.5 Å². The van der Waals surface area contributed by atoms with Crippen molar-refractivity contribution in [1.29, 1.82) is 0 Å². The molecule has 0 spiro atoms. The predicted octanol–water partition coefficient (Wildman–Crippen LogP) is 3.36. The van der Waals surface area contributed by atoms with Crippen LogP contribution in [0.5, 0.6) is 0 Å². The first-order valence-corrected chi connectivity index (χ1v) is 11.2. The highest BCUT2D eigenvalue weighted by atomic mass is 16.6. The van der Waals surface area contributed by atoms with Crippen molar-refractivity contribution in [1.82, 2.24) is 14.0 Å². The van der Waals surface area contributed by atoms with Crippen LogP contribution in [0.25, 0.3) is 16.7 Å². The van der Waals surface area contributed by atoms with Crippen LogP contribution in [0, 0.1) is 17.0 Å². The summed E-state index contributed by atoms with van der Waals surface area (Å²) in [4.78, 5) is 58.9. The number of non-ortho nitro benzene ring substituents is 1. The maximum absolute atomic E-state index is 13.4. The summed E-state index contributed by atoms with van der Waals surface area (Å²) in [6, 6.07) is 9.63. The van der Waals surface area contributed by atoms with Gasteiger partial charge in [0.1, 0.15) is 16.9 Å². The van der Waals surface area contributed by atoms with Gasteiger partial charge in [0.05, 0.1) is 16.9 Å². The van der Waals surface area contributed by atoms with Crippen LogP contribution in [0.1, 0.15) is 53.1 Å². The Balaban J connectivity index is 2.14. The smallest absolute Gasteiger partial charge is 0.341 e. The lowest BCUT2D eigenvalue weighted by atomic mass is 10.1. The molecule has 11 nitrogen and oxygen atoms in total. The van der Waals surface area contributed by atoms with E-state index in [1.165, 1.54) is 33.2 Å². The molecule has 4 rings (SSSR count). The Hall–Kier alpha value is -4.67. The SMILES string of the molecule is CCOC(=O)c1cc2c(=O)n3cccc(C)c3nc2n(C(C)C)c1=NC(=O)c1cccc([N+](=O)[O-])c1. The first-order valence-electron chi connectivity index (χ1n) is 11.2. The van der Waals surface area contributed by atoms with E-state index < -0.39 is 22.4 Å². The van der Waals surface area contributed by atoms with E-state index in [1.807, 2.05) is 13.0 Å². The molecular formula is C25H23N5O6. The second-order valence-electron chi connectivity index (χ2n) is 8.33. The van der Waals surface area contributed by atoms with Gasteiger partial charge in [0.2, 0.25) is 0 Å². The largest absolute Gasteiger partial charge is 0.462 e. The molecule has 0 saturated carbocycles. The number of carbonyl (C=O) groups is 2. The number of fused-ring (bicyclic) bond motifs is 2. The number of aryl methyl sites for hydroxylation is 1. The second-order valence-corrected chi connectivity index (χ2v) is 8.33. The number of nitro groups is 1. The minimum Gasteiger partial charge on any atom is -0.462 e. The van der Waals surface area contributed by atoms with Crippen LogP contribution in [0.4, 0.5) is 5.69 Å². The molecule has 0 saturated heterocycles. The third kappa shape index (κ3) is 4.26. The Morgan fingerprint density at radius 1 is 1.17 bits per heavy atom. The number of hydrogen-bond donors (Lipinski definition) is 0. The third-order valence-electron chi connectivity index (χ3n) is 5.57. The molecule has 11 heteroatoms. The molecule has 0 bridgehead atoms. The number of pyridine rings is 2. The van der Waals surface area contributed by atoms with Crippen molar-refractivity contribution in [3.63, 3.8) is 0 Å². The van der Waals surface area contributed by atoms with Crippen LogP contribution >= 0.6 is 0 Å². The highest BCUT2D eigenvalue weighted by molar-refractivity contribution is 5.97. The van der Waals surface area contributed by atoms with E-state index in [0.717, 1.165) is 11.6 Å². The van der Waals surface area contributed by atoms with E-state index in [2.05, 4.69) is 4.99 Å². The van der Waals surface area contributed by atoms with Crippen molar-refractivity contribution < 1.29 is 19.2 Å². The van der Waals surface area contributed by atoms with Crippen molar-refractivity contribution in [2.24, 2.45) is 4.99 Å². The highest BCUT2D eigenvalue weighted by Crippen LogP contribution is 2.18. The zero-order valence-corrected chi connectivity index (χ0v) is 20.1. The Bertz CT molecular complexity index is 1680. The van der Waals surface area contributed by atoms with Gasteiger partial charge >= 0.3 is 5.97 Å². The summed E-state index contributed by atoms with van der Waals surface area (Å²) >= 11 is 0. The number of esters is 1. The summed E-state index contributed by atoms with van der Waals surface area (Å²) in [6.45, 7) is 7.11. The van der Waals surface area contributed by atoms with Crippen LogP contribution in [0.2, 0.25) is 0 Å². The molecule has 3 heterocycles. The molecule has 0 radical (unpaired) electrons. The summed E-state index contributed by atoms with van der Waals surface area (Å²) in [6.07, 6.45) is 1.59. The molecule has 36 heavy (non-hydrogen) atoms. The second kappa shape index (κ2) is 9.53. The topological polar surface area (TPSA) is 138 Å². The summed E-state index contributed by atoms with van der Waals surface area (Å²) in [5.74, 6) is -1.57. The summed E-state index contributed by atoms with van der Waals surface area (Å²) in [5.41, 5.74) is 0.570. The van der Waals surface area contributed by atoms with Gasteiger partial charge in [-0.15, -0.1) is 0 Å². The number of amides is 1. The van der Waals surface area contributed by atoms with Crippen molar-refractivity contribution >= 4 is 34.2 Å². The van der Waals surface area contributed by atoms with Gasteiger partial charge in [-0.25, -0.2) is 9.78 Å². The standard InChI is InChI=1S/C25H23N5O6/c1-5-36-25(33)19-13-18-21(26-20-15(4)8-7-11-28(20)24(18)32)29(14(2)3)22(19)27-23(31)16-9-6-10-17(12-16)30(34)35/h6-14H,5H2,1-4H3. The fourth-order valence-electron chi connectivity index (χ4n) is 3.92. The quantitative estimate of drug-likeness (QED) is 0.181. The minimum atomic E-state index is -0.799.